The average molecular weight is 309 g/mol. The maximum atomic E-state index is 4.26. The summed E-state index contributed by atoms with van der Waals surface area (Å²) in [5.41, 5.74) is 1.26. The molecule has 0 spiro atoms. The van der Waals surface area contributed by atoms with Crippen molar-refractivity contribution in [2.75, 3.05) is 0 Å². The van der Waals surface area contributed by atoms with Crippen LogP contribution in [-0.2, 0) is 19.6 Å². The SMILES string of the molecule is CCCn1ncnc1CNCc1cccc(Br)c1. The van der Waals surface area contributed by atoms with E-state index in [0.29, 0.717) is 0 Å². The first-order valence-corrected chi connectivity index (χ1v) is 6.90. The summed E-state index contributed by atoms with van der Waals surface area (Å²) in [5, 5.41) is 7.59. The molecule has 1 heterocycles. The highest BCUT2D eigenvalue weighted by molar-refractivity contribution is 9.10. The van der Waals surface area contributed by atoms with E-state index >= 15 is 0 Å². The lowest BCUT2D eigenvalue weighted by molar-refractivity contribution is 0.542. The van der Waals surface area contributed by atoms with Gasteiger partial charge in [-0.1, -0.05) is 35.0 Å². The van der Waals surface area contributed by atoms with Gasteiger partial charge in [0, 0.05) is 17.6 Å². The molecule has 0 aliphatic heterocycles. The third kappa shape index (κ3) is 3.65. The summed E-state index contributed by atoms with van der Waals surface area (Å²) in [7, 11) is 0. The maximum absolute atomic E-state index is 4.26. The van der Waals surface area contributed by atoms with E-state index in [-0.39, 0.29) is 0 Å². The van der Waals surface area contributed by atoms with Gasteiger partial charge < -0.3 is 5.32 Å². The van der Waals surface area contributed by atoms with Gasteiger partial charge in [0.05, 0.1) is 6.54 Å². The molecule has 1 aromatic heterocycles. The highest BCUT2D eigenvalue weighted by Crippen LogP contribution is 2.11. The van der Waals surface area contributed by atoms with E-state index in [1.54, 1.807) is 6.33 Å². The number of aromatic nitrogens is 3. The Hall–Kier alpha value is -1.20. The van der Waals surface area contributed by atoms with Gasteiger partial charge in [-0.05, 0) is 24.1 Å². The zero-order valence-electron chi connectivity index (χ0n) is 10.4. The molecule has 0 amide bonds. The van der Waals surface area contributed by atoms with Crippen LogP contribution in [0.5, 0.6) is 0 Å². The molecule has 1 N–H and O–H groups in total. The molecule has 0 saturated carbocycles. The van der Waals surface area contributed by atoms with Crippen LogP contribution in [-0.4, -0.2) is 14.8 Å². The maximum Gasteiger partial charge on any atom is 0.140 e. The molecule has 0 saturated heterocycles. The second kappa shape index (κ2) is 6.66. The Balaban J connectivity index is 1.86. The molecular weight excluding hydrogens is 292 g/mol. The number of benzene rings is 1. The van der Waals surface area contributed by atoms with E-state index in [1.807, 2.05) is 16.8 Å². The van der Waals surface area contributed by atoms with Crippen LogP contribution in [0.4, 0.5) is 0 Å². The molecule has 2 aromatic rings. The molecule has 0 atom stereocenters. The molecule has 0 fully saturated rings. The van der Waals surface area contributed by atoms with Crippen molar-refractivity contribution < 1.29 is 0 Å². The van der Waals surface area contributed by atoms with Gasteiger partial charge in [0.1, 0.15) is 12.2 Å². The van der Waals surface area contributed by atoms with Gasteiger partial charge in [-0.3, -0.25) is 0 Å². The Labute approximate surface area is 116 Å². The molecule has 18 heavy (non-hydrogen) atoms. The van der Waals surface area contributed by atoms with Gasteiger partial charge in [0.2, 0.25) is 0 Å². The zero-order chi connectivity index (χ0) is 12.8. The lowest BCUT2D eigenvalue weighted by atomic mass is 10.2. The summed E-state index contributed by atoms with van der Waals surface area (Å²) < 4.78 is 3.06. The van der Waals surface area contributed by atoms with E-state index in [2.05, 4.69) is 50.4 Å². The number of halogens is 1. The first kappa shape index (κ1) is 13.2. The second-order valence-electron chi connectivity index (χ2n) is 4.13. The molecule has 0 unspecified atom stereocenters. The molecule has 4 nitrogen and oxygen atoms in total. The van der Waals surface area contributed by atoms with E-state index in [0.717, 1.165) is 36.4 Å². The normalized spacial score (nSPS) is 10.8. The third-order valence-corrected chi connectivity index (χ3v) is 3.13. The largest absolute Gasteiger partial charge is 0.306 e. The van der Waals surface area contributed by atoms with E-state index in [4.69, 9.17) is 0 Å². The lowest BCUT2D eigenvalue weighted by Crippen LogP contribution is -2.17. The Kier molecular flexibility index (Phi) is 4.90. The van der Waals surface area contributed by atoms with Crippen LogP contribution >= 0.6 is 15.9 Å². The van der Waals surface area contributed by atoms with Crippen LogP contribution in [0.1, 0.15) is 24.7 Å². The summed E-state index contributed by atoms with van der Waals surface area (Å²) in [6, 6.07) is 8.29. The van der Waals surface area contributed by atoms with Crippen molar-refractivity contribution in [1.82, 2.24) is 20.1 Å². The van der Waals surface area contributed by atoms with Gasteiger partial charge in [-0.2, -0.15) is 5.10 Å². The molecular formula is C13H17BrN4. The molecule has 0 aliphatic rings. The number of rotatable bonds is 6. The summed E-state index contributed by atoms with van der Waals surface area (Å²) in [5.74, 6) is 0.992. The minimum absolute atomic E-state index is 0.743. The molecule has 2 rings (SSSR count). The third-order valence-electron chi connectivity index (χ3n) is 2.63. The second-order valence-corrected chi connectivity index (χ2v) is 5.05. The van der Waals surface area contributed by atoms with Crippen LogP contribution in [0.25, 0.3) is 0 Å². The monoisotopic (exact) mass is 308 g/mol. The van der Waals surface area contributed by atoms with E-state index < -0.39 is 0 Å². The number of nitrogens with one attached hydrogen (secondary N) is 1. The van der Waals surface area contributed by atoms with Crippen LogP contribution in [0.15, 0.2) is 35.1 Å². The summed E-state index contributed by atoms with van der Waals surface area (Å²) in [4.78, 5) is 4.26. The summed E-state index contributed by atoms with van der Waals surface area (Å²) in [6.45, 7) is 4.64. The van der Waals surface area contributed by atoms with Gasteiger partial charge in [-0.15, -0.1) is 0 Å². The van der Waals surface area contributed by atoms with Gasteiger partial charge in [0.15, 0.2) is 0 Å². The topological polar surface area (TPSA) is 42.7 Å². The quantitative estimate of drug-likeness (QED) is 0.892. The van der Waals surface area contributed by atoms with Crippen LogP contribution in [0.3, 0.4) is 0 Å². The summed E-state index contributed by atoms with van der Waals surface area (Å²) >= 11 is 3.47. The molecule has 96 valence electrons. The van der Waals surface area contributed by atoms with E-state index in [1.165, 1.54) is 5.56 Å². The minimum atomic E-state index is 0.743. The standard InChI is InChI=1S/C13H17BrN4/c1-2-6-18-13(16-10-17-18)9-15-8-11-4-3-5-12(14)7-11/h3-5,7,10,15H,2,6,8-9H2,1H3. The molecule has 0 radical (unpaired) electrons. The Morgan fingerprint density at radius 1 is 1.33 bits per heavy atom. The van der Waals surface area contributed by atoms with Crippen LogP contribution in [0.2, 0.25) is 0 Å². The average Bonchev–Trinajstić information content (AvgIpc) is 2.78. The van der Waals surface area contributed by atoms with Gasteiger partial charge in [-0.25, -0.2) is 9.67 Å². The van der Waals surface area contributed by atoms with Gasteiger partial charge in [0.25, 0.3) is 0 Å². The molecule has 1 aromatic carbocycles. The highest BCUT2D eigenvalue weighted by Gasteiger charge is 2.02. The lowest BCUT2D eigenvalue weighted by Gasteiger charge is -2.06. The number of aryl methyl sites for hydroxylation is 1. The fourth-order valence-corrected chi connectivity index (χ4v) is 2.24. The molecule has 0 bridgehead atoms. The number of nitrogens with zero attached hydrogens (tertiary/aromatic N) is 3. The Morgan fingerprint density at radius 3 is 3.00 bits per heavy atom. The van der Waals surface area contributed by atoms with Crippen molar-refractivity contribution in [3.05, 3.63) is 46.5 Å². The molecule has 5 heteroatoms. The predicted octanol–water partition coefficient (Wildman–Crippen LogP) is 2.74. The number of hydrogen-bond acceptors (Lipinski definition) is 3. The fourth-order valence-electron chi connectivity index (χ4n) is 1.79. The van der Waals surface area contributed by atoms with Crippen molar-refractivity contribution in [3.8, 4) is 0 Å². The molecule has 0 aliphatic carbocycles. The van der Waals surface area contributed by atoms with Crippen molar-refractivity contribution in [2.45, 2.75) is 33.0 Å². The van der Waals surface area contributed by atoms with Crippen molar-refractivity contribution in [1.29, 1.82) is 0 Å². The first-order chi connectivity index (χ1) is 8.79. The highest BCUT2D eigenvalue weighted by atomic mass is 79.9. The van der Waals surface area contributed by atoms with Crippen LogP contribution in [0, 0.1) is 0 Å². The summed E-state index contributed by atoms with van der Waals surface area (Å²) in [6.07, 6.45) is 2.69. The number of hydrogen-bond donors (Lipinski definition) is 1. The smallest absolute Gasteiger partial charge is 0.140 e. The van der Waals surface area contributed by atoms with Gasteiger partial charge >= 0.3 is 0 Å². The van der Waals surface area contributed by atoms with Crippen molar-refractivity contribution in [2.24, 2.45) is 0 Å². The van der Waals surface area contributed by atoms with Crippen LogP contribution < -0.4 is 5.32 Å². The Bertz CT molecular complexity index is 495. The van der Waals surface area contributed by atoms with Crippen molar-refractivity contribution >= 4 is 15.9 Å². The Morgan fingerprint density at radius 2 is 2.22 bits per heavy atom. The first-order valence-electron chi connectivity index (χ1n) is 6.11. The van der Waals surface area contributed by atoms with Crippen molar-refractivity contribution in [3.63, 3.8) is 0 Å². The zero-order valence-corrected chi connectivity index (χ0v) is 12.0. The minimum Gasteiger partial charge on any atom is -0.306 e. The predicted molar refractivity (Wildman–Crippen MR) is 75.0 cm³/mol. The van der Waals surface area contributed by atoms with E-state index in [9.17, 15) is 0 Å². The fraction of sp³-hybridized carbons (Fsp3) is 0.385.